The van der Waals surface area contributed by atoms with Gasteiger partial charge in [-0.3, -0.25) is 4.68 Å². The summed E-state index contributed by atoms with van der Waals surface area (Å²) in [6.07, 6.45) is 1.14. The molecule has 2 N–H and O–H groups in total. The lowest BCUT2D eigenvalue weighted by Gasteiger charge is -2.13. The van der Waals surface area contributed by atoms with Gasteiger partial charge in [0.2, 0.25) is 0 Å². The van der Waals surface area contributed by atoms with Gasteiger partial charge in [0.25, 0.3) is 0 Å². The molecule has 1 atom stereocenters. The molecule has 0 amide bonds. The predicted molar refractivity (Wildman–Crippen MR) is 122 cm³/mol. The van der Waals surface area contributed by atoms with Crippen molar-refractivity contribution in [3.8, 4) is 0 Å². The number of aromatic nitrogens is 2. The van der Waals surface area contributed by atoms with Crippen molar-refractivity contribution >= 4 is 28.7 Å². The Bertz CT molecular complexity index is 929. The Balaban J connectivity index is 1.67. The molecule has 0 saturated carbocycles. The number of thiocarbonyl (C=S) groups is 1. The number of nitrogens with one attached hydrogen (secondary N) is 2. The normalized spacial score (nSPS) is 11.9. The molecule has 0 radical (unpaired) electrons. The average molecular weight is 393 g/mol. The molecule has 1 heterocycles. The van der Waals surface area contributed by atoms with Crippen LogP contribution in [0, 0.1) is 13.8 Å². The molecule has 0 aliphatic heterocycles. The van der Waals surface area contributed by atoms with Gasteiger partial charge < -0.3 is 10.6 Å². The standard InChI is InChI=1S/C23H28N4S/c1-5-16(2)20-11-13-21(14-12-20)24-23(28)25-22-17(3)26-27(18(22)4)15-19-9-7-6-8-10-19/h6-14,16H,5,15H2,1-4H3,(H2,24,25,28). The van der Waals surface area contributed by atoms with Crippen LogP contribution in [0.2, 0.25) is 0 Å². The Labute approximate surface area is 173 Å². The number of nitrogens with zero attached hydrogens (tertiary/aromatic N) is 2. The molecular formula is C23H28N4S. The molecule has 0 fully saturated rings. The van der Waals surface area contributed by atoms with E-state index in [2.05, 4.69) is 72.9 Å². The van der Waals surface area contributed by atoms with E-state index in [1.54, 1.807) is 0 Å². The lowest BCUT2D eigenvalue weighted by molar-refractivity contribution is 0.659. The highest BCUT2D eigenvalue weighted by Gasteiger charge is 2.13. The molecule has 3 aromatic rings. The number of hydrogen-bond donors (Lipinski definition) is 2. The van der Waals surface area contributed by atoms with Crippen LogP contribution in [0.25, 0.3) is 0 Å². The quantitative estimate of drug-likeness (QED) is 0.515. The zero-order chi connectivity index (χ0) is 20.1. The summed E-state index contributed by atoms with van der Waals surface area (Å²) in [6.45, 7) is 9.26. The second-order valence-corrected chi connectivity index (χ2v) is 7.61. The van der Waals surface area contributed by atoms with Gasteiger partial charge in [-0.2, -0.15) is 5.10 Å². The zero-order valence-corrected chi connectivity index (χ0v) is 17.8. The van der Waals surface area contributed by atoms with Gasteiger partial charge >= 0.3 is 0 Å². The van der Waals surface area contributed by atoms with E-state index in [0.717, 1.165) is 35.7 Å². The number of anilines is 2. The summed E-state index contributed by atoms with van der Waals surface area (Å²) in [5.74, 6) is 0.569. The predicted octanol–water partition coefficient (Wildman–Crippen LogP) is 5.87. The van der Waals surface area contributed by atoms with Crippen LogP contribution in [-0.4, -0.2) is 14.9 Å². The summed E-state index contributed by atoms with van der Waals surface area (Å²) >= 11 is 5.52. The minimum absolute atomic E-state index is 0.569. The fraction of sp³-hybridized carbons (Fsp3) is 0.304. The van der Waals surface area contributed by atoms with Crippen molar-refractivity contribution in [2.75, 3.05) is 10.6 Å². The maximum atomic E-state index is 5.52. The molecule has 1 aromatic heterocycles. The highest BCUT2D eigenvalue weighted by molar-refractivity contribution is 7.80. The maximum absolute atomic E-state index is 5.52. The number of hydrogen-bond acceptors (Lipinski definition) is 2. The molecule has 1 unspecified atom stereocenters. The third-order valence-corrected chi connectivity index (χ3v) is 5.35. The average Bonchev–Trinajstić information content (AvgIpc) is 2.96. The highest BCUT2D eigenvalue weighted by atomic mass is 32.1. The van der Waals surface area contributed by atoms with Crippen LogP contribution in [0.3, 0.4) is 0 Å². The van der Waals surface area contributed by atoms with Crippen LogP contribution >= 0.6 is 12.2 Å². The van der Waals surface area contributed by atoms with Crippen LogP contribution in [0.1, 0.15) is 48.7 Å². The van der Waals surface area contributed by atoms with E-state index in [-0.39, 0.29) is 0 Å². The van der Waals surface area contributed by atoms with Gasteiger partial charge in [0.15, 0.2) is 5.11 Å². The SMILES string of the molecule is CCC(C)c1ccc(NC(=S)Nc2c(C)nn(Cc3ccccc3)c2C)cc1. The first-order valence-electron chi connectivity index (χ1n) is 9.73. The van der Waals surface area contributed by atoms with Crippen molar-refractivity contribution in [3.05, 3.63) is 77.1 Å². The van der Waals surface area contributed by atoms with E-state index < -0.39 is 0 Å². The molecule has 0 spiro atoms. The summed E-state index contributed by atoms with van der Waals surface area (Å²) in [7, 11) is 0. The Morgan fingerprint density at radius 1 is 1.04 bits per heavy atom. The summed E-state index contributed by atoms with van der Waals surface area (Å²) < 4.78 is 2.01. The molecule has 5 heteroatoms. The monoisotopic (exact) mass is 392 g/mol. The van der Waals surface area contributed by atoms with E-state index >= 15 is 0 Å². The lowest BCUT2D eigenvalue weighted by Crippen LogP contribution is -2.20. The molecule has 28 heavy (non-hydrogen) atoms. The second kappa shape index (κ2) is 9.02. The van der Waals surface area contributed by atoms with Crippen LogP contribution < -0.4 is 10.6 Å². The van der Waals surface area contributed by atoms with Crippen LogP contribution in [0.5, 0.6) is 0 Å². The summed E-state index contributed by atoms with van der Waals surface area (Å²) in [5.41, 5.74) is 6.52. The second-order valence-electron chi connectivity index (χ2n) is 7.20. The van der Waals surface area contributed by atoms with E-state index in [1.807, 2.05) is 29.8 Å². The minimum Gasteiger partial charge on any atom is -0.332 e. The molecule has 4 nitrogen and oxygen atoms in total. The number of aryl methyl sites for hydroxylation is 1. The largest absolute Gasteiger partial charge is 0.332 e. The van der Waals surface area contributed by atoms with Crippen molar-refractivity contribution in [1.29, 1.82) is 0 Å². The van der Waals surface area contributed by atoms with Crippen molar-refractivity contribution in [3.63, 3.8) is 0 Å². The lowest BCUT2D eigenvalue weighted by atomic mass is 9.99. The first-order valence-corrected chi connectivity index (χ1v) is 10.1. The molecule has 0 aliphatic rings. The molecule has 0 aliphatic carbocycles. The first kappa shape index (κ1) is 20.1. The molecule has 2 aromatic carbocycles. The van der Waals surface area contributed by atoms with Gasteiger partial charge in [-0.25, -0.2) is 0 Å². The smallest absolute Gasteiger partial charge is 0.175 e. The van der Waals surface area contributed by atoms with Gasteiger partial charge in [-0.1, -0.05) is 56.3 Å². The van der Waals surface area contributed by atoms with E-state index in [4.69, 9.17) is 12.2 Å². The highest BCUT2D eigenvalue weighted by Crippen LogP contribution is 2.22. The van der Waals surface area contributed by atoms with E-state index in [1.165, 1.54) is 11.1 Å². The van der Waals surface area contributed by atoms with Crippen molar-refractivity contribution in [1.82, 2.24) is 9.78 Å². The summed E-state index contributed by atoms with van der Waals surface area (Å²) in [4.78, 5) is 0. The van der Waals surface area contributed by atoms with Gasteiger partial charge in [-0.15, -0.1) is 0 Å². The van der Waals surface area contributed by atoms with Crippen LogP contribution in [0.4, 0.5) is 11.4 Å². The zero-order valence-electron chi connectivity index (χ0n) is 17.0. The van der Waals surface area contributed by atoms with Crippen LogP contribution in [-0.2, 0) is 6.54 Å². The van der Waals surface area contributed by atoms with Gasteiger partial charge in [-0.05, 0) is 61.7 Å². The topological polar surface area (TPSA) is 41.9 Å². The summed E-state index contributed by atoms with van der Waals surface area (Å²) in [6, 6.07) is 18.8. The third kappa shape index (κ3) is 4.78. The van der Waals surface area contributed by atoms with Gasteiger partial charge in [0.1, 0.15) is 0 Å². The third-order valence-electron chi connectivity index (χ3n) is 5.15. The van der Waals surface area contributed by atoms with Crippen LogP contribution in [0.15, 0.2) is 54.6 Å². The Morgan fingerprint density at radius 2 is 1.71 bits per heavy atom. The van der Waals surface area contributed by atoms with Crippen molar-refractivity contribution < 1.29 is 0 Å². The molecule has 146 valence electrons. The Hall–Kier alpha value is -2.66. The first-order chi connectivity index (χ1) is 13.5. The van der Waals surface area contributed by atoms with Gasteiger partial charge in [0.05, 0.1) is 23.6 Å². The molecular weight excluding hydrogens is 364 g/mol. The fourth-order valence-corrected chi connectivity index (χ4v) is 3.41. The van der Waals surface area contributed by atoms with Gasteiger partial charge in [0, 0.05) is 5.69 Å². The van der Waals surface area contributed by atoms with E-state index in [9.17, 15) is 0 Å². The molecule has 3 rings (SSSR count). The Morgan fingerprint density at radius 3 is 2.36 bits per heavy atom. The maximum Gasteiger partial charge on any atom is 0.175 e. The number of benzene rings is 2. The molecule has 0 bridgehead atoms. The minimum atomic E-state index is 0.569. The van der Waals surface area contributed by atoms with Crippen molar-refractivity contribution in [2.24, 2.45) is 0 Å². The Kier molecular flexibility index (Phi) is 6.47. The summed E-state index contributed by atoms with van der Waals surface area (Å²) in [5, 5.41) is 11.8. The fourth-order valence-electron chi connectivity index (χ4n) is 3.19. The molecule has 0 saturated heterocycles. The van der Waals surface area contributed by atoms with Crippen molar-refractivity contribution in [2.45, 2.75) is 46.6 Å². The number of rotatable bonds is 6. The van der Waals surface area contributed by atoms with E-state index in [0.29, 0.717) is 11.0 Å².